The van der Waals surface area contributed by atoms with Gasteiger partial charge < -0.3 is 0 Å². The Hall–Kier alpha value is -2.80. The van der Waals surface area contributed by atoms with Gasteiger partial charge in [-0.3, -0.25) is 19.8 Å². The number of nitrogens with one attached hydrogen (secondary N) is 1. The minimum absolute atomic E-state index is 0.0560. The third-order valence-corrected chi connectivity index (χ3v) is 5.66. The van der Waals surface area contributed by atoms with Gasteiger partial charge in [0.2, 0.25) is 5.91 Å². The van der Waals surface area contributed by atoms with Crippen molar-refractivity contribution in [2.45, 2.75) is 25.8 Å². The van der Waals surface area contributed by atoms with Gasteiger partial charge in [0.25, 0.3) is 5.95 Å². The molecule has 1 N–H and O–H groups in total. The van der Waals surface area contributed by atoms with Crippen LogP contribution in [0.1, 0.15) is 17.7 Å². The fourth-order valence-corrected chi connectivity index (χ4v) is 4.14. The number of fused-ring (bicyclic) bond motifs is 1. The van der Waals surface area contributed by atoms with Crippen LogP contribution in [0.2, 0.25) is 5.15 Å². The monoisotopic (exact) mass is 380 g/mol. The summed E-state index contributed by atoms with van der Waals surface area (Å²) >= 11 is 5.95. The summed E-state index contributed by atoms with van der Waals surface area (Å²) in [6, 6.07) is 7.65. The first-order valence-corrected chi connectivity index (χ1v) is 9.27. The third kappa shape index (κ3) is 2.78. The van der Waals surface area contributed by atoms with Gasteiger partial charge in [-0.2, -0.15) is 4.98 Å². The second kappa shape index (κ2) is 6.13. The van der Waals surface area contributed by atoms with Crippen molar-refractivity contribution in [2.24, 2.45) is 11.8 Å². The normalized spacial score (nSPS) is 23.6. The van der Waals surface area contributed by atoms with E-state index in [2.05, 4.69) is 25.1 Å². The number of hydrogen-bond donors (Lipinski definition) is 1. The Morgan fingerprint density at radius 2 is 2.04 bits per heavy atom. The second-order valence-corrected chi connectivity index (χ2v) is 7.47. The zero-order valence-corrected chi connectivity index (χ0v) is 15.4. The van der Waals surface area contributed by atoms with Crippen molar-refractivity contribution in [1.29, 1.82) is 0 Å². The largest absolute Gasteiger partial charge is 0.276 e. The van der Waals surface area contributed by atoms with Crippen LogP contribution in [0.4, 0.5) is 5.95 Å². The van der Waals surface area contributed by atoms with E-state index in [1.54, 1.807) is 23.4 Å². The molecule has 1 amide bonds. The number of aromatic nitrogens is 5. The molecule has 1 aliphatic carbocycles. The SMILES string of the molecule is Cc1nc(Cl)ccc1C[C@H]1C(=O)N(c2n[nH]c(-c3ccncc3)n2)[C@H]2C[C@@H]12. The molecule has 0 aromatic carbocycles. The summed E-state index contributed by atoms with van der Waals surface area (Å²) in [6.45, 7) is 1.93. The molecule has 4 heterocycles. The van der Waals surface area contributed by atoms with E-state index >= 15 is 0 Å². The van der Waals surface area contributed by atoms with Crippen molar-refractivity contribution in [3.05, 3.63) is 53.1 Å². The van der Waals surface area contributed by atoms with Crippen LogP contribution in [0, 0.1) is 18.8 Å². The van der Waals surface area contributed by atoms with Crippen molar-refractivity contribution in [3.8, 4) is 11.4 Å². The molecule has 136 valence electrons. The topological polar surface area (TPSA) is 87.7 Å². The van der Waals surface area contributed by atoms with Crippen molar-refractivity contribution in [3.63, 3.8) is 0 Å². The van der Waals surface area contributed by atoms with E-state index in [1.807, 2.05) is 25.1 Å². The zero-order chi connectivity index (χ0) is 18.5. The lowest BCUT2D eigenvalue weighted by Gasteiger charge is -2.17. The Morgan fingerprint density at radius 1 is 1.22 bits per heavy atom. The zero-order valence-electron chi connectivity index (χ0n) is 14.6. The summed E-state index contributed by atoms with van der Waals surface area (Å²) in [7, 11) is 0. The molecule has 1 saturated carbocycles. The number of hydrogen-bond acceptors (Lipinski definition) is 5. The Morgan fingerprint density at radius 3 is 2.81 bits per heavy atom. The van der Waals surface area contributed by atoms with Crippen LogP contribution in [-0.2, 0) is 11.2 Å². The number of nitrogens with zero attached hydrogens (tertiary/aromatic N) is 5. The molecule has 1 aliphatic heterocycles. The van der Waals surface area contributed by atoms with Gasteiger partial charge in [-0.05, 0) is 49.4 Å². The number of anilines is 1. The number of aromatic amines is 1. The fraction of sp³-hybridized carbons (Fsp3) is 0.316. The molecule has 27 heavy (non-hydrogen) atoms. The molecular formula is C19H17ClN6O. The quantitative estimate of drug-likeness (QED) is 0.703. The van der Waals surface area contributed by atoms with Crippen LogP contribution in [0.5, 0.6) is 0 Å². The lowest BCUT2D eigenvalue weighted by Crippen LogP contribution is -2.33. The van der Waals surface area contributed by atoms with Crippen molar-refractivity contribution in [2.75, 3.05) is 4.90 Å². The van der Waals surface area contributed by atoms with Gasteiger partial charge in [0.15, 0.2) is 5.82 Å². The summed E-state index contributed by atoms with van der Waals surface area (Å²) in [5.74, 6) is 1.48. The number of pyridine rings is 2. The molecule has 0 bridgehead atoms. The van der Waals surface area contributed by atoms with Crippen LogP contribution >= 0.6 is 11.6 Å². The smallest absolute Gasteiger partial charge is 0.251 e. The van der Waals surface area contributed by atoms with Crippen LogP contribution in [0.15, 0.2) is 36.7 Å². The lowest BCUT2D eigenvalue weighted by atomic mass is 9.95. The molecular weight excluding hydrogens is 364 g/mol. The van der Waals surface area contributed by atoms with Gasteiger partial charge in [0.1, 0.15) is 5.15 Å². The van der Waals surface area contributed by atoms with Crippen molar-refractivity contribution >= 4 is 23.5 Å². The van der Waals surface area contributed by atoms with Gasteiger partial charge in [-0.15, -0.1) is 5.10 Å². The maximum Gasteiger partial charge on any atom is 0.251 e. The van der Waals surface area contributed by atoms with E-state index in [4.69, 9.17) is 11.6 Å². The third-order valence-electron chi connectivity index (χ3n) is 5.45. The van der Waals surface area contributed by atoms with Crippen LogP contribution < -0.4 is 4.90 Å². The van der Waals surface area contributed by atoms with Gasteiger partial charge in [0.05, 0.1) is 0 Å². The first-order valence-electron chi connectivity index (χ1n) is 8.89. The Kier molecular flexibility index (Phi) is 3.72. The molecule has 8 heteroatoms. The predicted octanol–water partition coefficient (Wildman–Crippen LogP) is 2.82. The van der Waals surface area contributed by atoms with E-state index in [0.29, 0.717) is 29.3 Å². The molecule has 2 aliphatic rings. The number of piperidine rings is 1. The molecule has 3 atom stereocenters. The summed E-state index contributed by atoms with van der Waals surface area (Å²) in [5.41, 5.74) is 2.84. The van der Waals surface area contributed by atoms with Crippen LogP contribution in [-0.4, -0.2) is 37.1 Å². The van der Waals surface area contributed by atoms with Gasteiger partial charge in [-0.1, -0.05) is 17.7 Å². The molecule has 0 radical (unpaired) electrons. The Bertz CT molecular complexity index is 1020. The average Bonchev–Trinajstić information content (AvgIpc) is 3.18. The molecule has 0 spiro atoms. The molecule has 5 rings (SSSR count). The van der Waals surface area contributed by atoms with E-state index in [0.717, 1.165) is 23.2 Å². The number of rotatable bonds is 4. The highest BCUT2D eigenvalue weighted by molar-refractivity contribution is 6.29. The van der Waals surface area contributed by atoms with E-state index in [-0.39, 0.29) is 17.9 Å². The molecule has 1 saturated heterocycles. The van der Waals surface area contributed by atoms with Crippen molar-refractivity contribution in [1.82, 2.24) is 25.1 Å². The summed E-state index contributed by atoms with van der Waals surface area (Å²) in [6.07, 6.45) is 5.08. The number of aryl methyl sites for hydroxylation is 1. The van der Waals surface area contributed by atoms with E-state index in [1.165, 1.54) is 0 Å². The first-order chi connectivity index (χ1) is 13.1. The minimum atomic E-state index is -0.0560. The standard InChI is InChI=1S/C19H17ClN6O/c1-10-12(2-3-16(20)22-10)8-14-13-9-15(13)26(18(14)27)19-23-17(24-25-19)11-4-6-21-7-5-11/h2-7,13-15H,8-9H2,1H3,(H,23,24,25)/t13-,14+,15-/m0/s1. The number of H-pyrrole nitrogens is 1. The van der Waals surface area contributed by atoms with Crippen LogP contribution in [0.25, 0.3) is 11.4 Å². The second-order valence-electron chi connectivity index (χ2n) is 7.08. The summed E-state index contributed by atoms with van der Waals surface area (Å²) in [4.78, 5) is 27.7. The number of carbonyl (C=O) groups excluding carboxylic acids is 1. The van der Waals surface area contributed by atoms with E-state index in [9.17, 15) is 4.79 Å². The number of halogens is 1. The van der Waals surface area contributed by atoms with Crippen LogP contribution in [0.3, 0.4) is 0 Å². The first kappa shape index (κ1) is 16.4. The van der Waals surface area contributed by atoms with Gasteiger partial charge >= 0.3 is 0 Å². The highest BCUT2D eigenvalue weighted by atomic mass is 35.5. The van der Waals surface area contributed by atoms with E-state index < -0.39 is 0 Å². The fourth-order valence-electron chi connectivity index (χ4n) is 3.95. The lowest BCUT2D eigenvalue weighted by molar-refractivity contribution is -0.121. The Labute approximate surface area is 160 Å². The van der Waals surface area contributed by atoms with Gasteiger partial charge in [-0.25, -0.2) is 4.98 Å². The summed E-state index contributed by atoms with van der Waals surface area (Å²) < 4.78 is 0. The number of carbonyl (C=O) groups is 1. The van der Waals surface area contributed by atoms with Crippen molar-refractivity contribution < 1.29 is 4.79 Å². The van der Waals surface area contributed by atoms with Gasteiger partial charge in [0, 0.05) is 35.6 Å². The average molecular weight is 381 g/mol. The molecule has 3 aromatic rings. The highest BCUT2D eigenvalue weighted by Gasteiger charge is 2.59. The maximum absolute atomic E-state index is 13.1. The summed E-state index contributed by atoms with van der Waals surface area (Å²) in [5, 5.41) is 7.70. The highest BCUT2D eigenvalue weighted by Crippen LogP contribution is 2.51. The minimum Gasteiger partial charge on any atom is -0.276 e. The Balaban J connectivity index is 1.39. The predicted molar refractivity (Wildman–Crippen MR) is 100 cm³/mol. The molecule has 0 unspecified atom stereocenters. The molecule has 2 fully saturated rings. The maximum atomic E-state index is 13.1. The molecule has 7 nitrogen and oxygen atoms in total. The molecule has 3 aromatic heterocycles. The number of amides is 1.